The van der Waals surface area contributed by atoms with Gasteiger partial charge in [0.1, 0.15) is 0 Å². The Hall–Kier alpha value is -1.58. The number of halogens is 3. The number of hydrogen-bond donors (Lipinski definition) is 2. The second-order valence-electron chi connectivity index (χ2n) is 3.55. The molecule has 1 aromatic carbocycles. The van der Waals surface area contributed by atoms with Crippen molar-refractivity contribution < 1.29 is 23.4 Å². The fourth-order valence-electron chi connectivity index (χ4n) is 1.30. The lowest BCUT2D eigenvalue weighted by molar-refractivity contribution is -0.211. The Labute approximate surface area is 95.7 Å². The largest absolute Gasteiger partial charge is 0.414 e. The van der Waals surface area contributed by atoms with Gasteiger partial charge in [0.2, 0.25) is 0 Å². The van der Waals surface area contributed by atoms with Gasteiger partial charge in [-0.05, 0) is 17.7 Å². The molecule has 3 nitrogen and oxygen atoms in total. The quantitative estimate of drug-likeness (QED) is 0.854. The van der Waals surface area contributed by atoms with E-state index < -0.39 is 24.8 Å². The molecule has 1 aromatic rings. The van der Waals surface area contributed by atoms with Crippen molar-refractivity contribution in [1.29, 1.82) is 5.26 Å². The van der Waals surface area contributed by atoms with Crippen molar-refractivity contribution in [2.45, 2.75) is 24.8 Å². The highest BCUT2D eigenvalue weighted by Gasteiger charge is 2.39. The van der Waals surface area contributed by atoms with E-state index >= 15 is 0 Å². The average Bonchev–Trinajstić information content (AvgIpc) is 2.27. The maximum absolute atomic E-state index is 12.1. The molecule has 0 fully saturated rings. The first-order valence-corrected chi connectivity index (χ1v) is 4.77. The molecule has 2 N–H and O–H groups in total. The van der Waals surface area contributed by atoms with Gasteiger partial charge in [0, 0.05) is 6.42 Å². The molecule has 92 valence electrons. The summed E-state index contributed by atoms with van der Waals surface area (Å²) in [6.07, 6.45) is -9.64. The van der Waals surface area contributed by atoms with Crippen LogP contribution < -0.4 is 0 Å². The van der Waals surface area contributed by atoms with Crippen LogP contribution in [-0.2, 0) is 0 Å². The number of alkyl halides is 3. The number of rotatable bonds is 3. The van der Waals surface area contributed by atoms with Crippen LogP contribution in [0.4, 0.5) is 13.2 Å². The number of nitrogens with zero attached hydrogens (tertiary/aromatic N) is 1. The third-order valence-corrected chi connectivity index (χ3v) is 2.22. The zero-order chi connectivity index (χ0) is 13.1. The van der Waals surface area contributed by atoms with Crippen molar-refractivity contribution in [3.63, 3.8) is 0 Å². The molecule has 0 aromatic heterocycles. The van der Waals surface area contributed by atoms with Gasteiger partial charge >= 0.3 is 6.18 Å². The number of hydrogen-bond acceptors (Lipinski definition) is 3. The number of benzene rings is 1. The summed E-state index contributed by atoms with van der Waals surface area (Å²) in [6.45, 7) is 0. The third-order valence-electron chi connectivity index (χ3n) is 2.22. The molecule has 0 aliphatic rings. The second kappa shape index (κ2) is 5.17. The van der Waals surface area contributed by atoms with Gasteiger partial charge in [-0.1, -0.05) is 12.1 Å². The molecule has 0 radical (unpaired) electrons. The Morgan fingerprint density at radius 3 is 2.47 bits per heavy atom. The van der Waals surface area contributed by atoms with E-state index in [-0.39, 0.29) is 11.1 Å². The molecule has 0 saturated heterocycles. The Bertz CT molecular complexity index is 425. The second-order valence-corrected chi connectivity index (χ2v) is 3.55. The molecule has 1 rings (SSSR count). The minimum Gasteiger partial charge on any atom is -0.388 e. The van der Waals surface area contributed by atoms with Crippen LogP contribution >= 0.6 is 0 Å². The Morgan fingerprint density at radius 2 is 1.94 bits per heavy atom. The Kier molecular flexibility index (Phi) is 4.10. The predicted octanol–water partition coefficient (Wildman–Crippen LogP) is 1.90. The van der Waals surface area contributed by atoms with Crippen LogP contribution in [0.15, 0.2) is 24.3 Å². The minimum atomic E-state index is -4.76. The van der Waals surface area contributed by atoms with Crippen LogP contribution in [-0.4, -0.2) is 22.5 Å². The molecule has 0 aliphatic carbocycles. The lowest BCUT2D eigenvalue weighted by Gasteiger charge is -2.18. The highest BCUT2D eigenvalue weighted by Crippen LogP contribution is 2.28. The van der Waals surface area contributed by atoms with Gasteiger partial charge in [0.05, 0.1) is 17.7 Å². The van der Waals surface area contributed by atoms with Gasteiger partial charge in [0.15, 0.2) is 6.10 Å². The smallest absolute Gasteiger partial charge is 0.388 e. The van der Waals surface area contributed by atoms with Gasteiger partial charge < -0.3 is 10.2 Å². The average molecular weight is 245 g/mol. The van der Waals surface area contributed by atoms with Crippen molar-refractivity contribution in [2.75, 3.05) is 0 Å². The fourth-order valence-corrected chi connectivity index (χ4v) is 1.30. The van der Waals surface area contributed by atoms with Crippen LogP contribution in [0.3, 0.4) is 0 Å². The molecule has 0 spiro atoms. The zero-order valence-corrected chi connectivity index (χ0v) is 8.65. The van der Waals surface area contributed by atoms with Crippen LogP contribution in [0.2, 0.25) is 0 Å². The molecule has 0 bridgehead atoms. The van der Waals surface area contributed by atoms with Gasteiger partial charge in [-0.3, -0.25) is 0 Å². The summed E-state index contributed by atoms with van der Waals surface area (Å²) in [6, 6.07) is 7.42. The monoisotopic (exact) mass is 245 g/mol. The van der Waals surface area contributed by atoms with Crippen molar-refractivity contribution >= 4 is 0 Å². The summed E-state index contributed by atoms with van der Waals surface area (Å²) < 4.78 is 36.2. The molecule has 2 atom stereocenters. The van der Waals surface area contributed by atoms with Crippen LogP contribution in [0.25, 0.3) is 0 Å². The fraction of sp³-hybridized carbons (Fsp3) is 0.364. The number of nitriles is 1. The maximum atomic E-state index is 12.1. The SMILES string of the molecule is N#Cc1cccc(C(O)CC(O)C(F)(F)F)c1. The lowest BCUT2D eigenvalue weighted by Crippen LogP contribution is -2.30. The summed E-state index contributed by atoms with van der Waals surface area (Å²) in [5, 5.41) is 26.9. The van der Waals surface area contributed by atoms with E-state index in [2.05, 4.69) is 0 Å². The summed E-state index contributed by atoms with van der Waals surface area (Å²) in [5.41, 5.74) is 0.412. The molecule has 6 heteroatoms. The third kappa shape index (κ3) is 3.73. The topological polar surface area (TPSA) is 64.2 Å². The van der Waals surface area contributed by atoms with Crippen molar-refractivity contribution in [3.05, 3.63) is 35.4 Å². The highest BCUT2D eigenvalue weighted by atomic mass is 19.4. The van der Waals surface area contributed by atoms with Crippen LogP contribution in [0.1, 0.15) is 23.7 Å². The predicted molar refractivity (Wildman–Crippen MR) is 52.8 cm³/mol. The number of aliphatic hydroxyl groups is 2. The van der Waals surface area contributed by atoms with Gasteiger partial charge in [-0.15, -0.1) is 0 Å². The summed E-state index contributed by atoms with van der Waals surface area (Å²) in [7, 11) is 0. The van der Waals surface area contributed by atoms with Gasteiger partial charge in [-0.2, -0.15) is 18.4 Å². The van der Waals surface area contributed by atoms with Gasteiger partial charge in [-0.25, -0.2) is 0 Å². The standard InChI is InChI=1S/C11H10F3NO2/c12-11(13,14)10(17)5-9(16)8-3-1-2-7(4-8)6-15/h1-4,9-10,16-17H,5H2. The normalized spacial score (nSPS) is 15.1. The Morgan fingerprint density at radius 1 is 1.29 bits per heavy atom. The lowest BCUT2D eigenvalue weighted by atomic mass is 10.0. The van der Waals surface area contributed by atoms with Crippen LogP contribution in [0, 0.1) is 11.3 Å². The van der Waals surface area contributed by atoms with Gasteiger partial charge in [0.25, 0.3) is 0 Å². The number of aliphatic hydroxyl groups excluding tert-OH is 2. The highest BCUT2D eigenvalue weighted by molar-refractivity contribution is 5.33. The van der Waals surface area contributed by atoms with E-state index in [9.17, 15) is 18.3 Å². The molecule has 0 amide bonds. The first kappa shape index (κ1) is 13.5. The summed E-state index contributed by atoms with van der Waals surface area (Å²) in [5.74, 6) is 0. The molecule has 17 heavy (non-hydrogen) atoms. The van der Waals surface area contributed by atoms with E-state index in [4.69, 9.17) is 10.4 Å². The van der Waals surface area contributed by atoms with E-state index in [1.165, 1.54) is 24.3 Å². The molecular formula is C11H10F3NO2. The van der Waals surface area contributed by atoms with E-state index in [1.807, 2.05) is 6.07 Å². The Balaban J connectivity index is 2.77. The summed E-state index contributed by atoms with van der Waals surface area (Å²) >= 11 is 0. The molecule has 0 heterocycles. The molecular weight excluding hydrogens is 235 g/mol. The van der Waals surface area contributed by atoms with Crippen molar-refractivity contribution in [3.8, 4) is 6.07 Å². The van der Waals surface area contributed by atoms with Crippen molar-refractivity contribution in [1.82, 2.24) is 0 Å². The van der Waals surface area contributed by atoms with E-state index in [0.717, 1.165) is 0 Å². The zero-order valence-electron chi connectivity index (χ0n) is 8.65. The maximum Gasteiger partial charge on any atom is 0.414 e. The van der Waals surface area contributed by atoms with Crippen molar-refractivity contribution in [2.24, 2.45) is 0 Å². The van der Waals surface area contributed by atoms with E-state index in [1.54, 1.807) is 0 Å². The molecule has 2 unspecified atom stereocenters. The first-order valence-electron chi connectivity index (χ1n) is 4.77. The molecule has 0 aliphatic heterocycles. The van der Waals surface area contributed by atoms with Crippen LogP contribution in [0.5, 0.6) is 0 Å². The molecule has 0 saturated carbocycles. The first-order chi connectivity index (χ1) is 7.84. The van der Waals surface area contributed by atoms with E-state index in [0.29, 0.717) is 0 Å². The summed E-state index contributed by atoms with van der Waals surface area (Å²) in [4.78, 5) is 0. The minimum absolute atomic E-state index is 0.173.